The molecule has 8 nitrogen and oxygen atoms in total. The number of nitro benzene ring substituents is 1. The zero-order valence-electron chi connectivity index (χ0n) is 18.1. The number of non-ortho nitro benzene ring substituents is 1. The molecule has 0 saturated heterocycles. The molecule has 0 aromatic heterocycles. The Kier molecular flexibility index (Phi) is 6.63. The summed E-state index contributed by atoms with van der Waals surface area (Å²) in [5, 5.41) is 10.8. The molecule has 1 aliphatic rings. The van der Waals surface area contributed by atoms with Gasteiger partial charge in [0.15, 0.2) is 17.2 Å². The van der Waals surface area contributed by atoms with Crippen molar-refractivity contribution in [3.05, 3.63) is 105 Å². The van der Waals surface area contributed by atoms with E-state index in [1.165, 1.54) is 36.4 Å². The molecule has 3 aromatic rings. The number of carbonyl (C=O) groups is 1. The van der Waals surface area contributed by atoms with Crippen LogP contribution in [0.15, 0.2) is 77.4 Å². The van der Waals surface area contributed by atoms with Gasteiger partial charge in [-0.3, -0.25) is 10.1 Å². The van der Waals surface area contributed by atoms with Gasteiger partial charge in [-0.25, -0.2) is 14.2 Å². The van der Waals surface area contributed by atoms with E-state index in [9.17, 15) is 19.3 Å². The standard InChI is InChI=1S/C25H19FN2O6/c1-2-32-23-14-17(9-12-22(23)33-15-16-7-10-18(11-8-16)28(30)31)13-21-25(29)34-24(27-21)19-5-3-4-6-20(19)26/h3-14H,2,15H2,1H3/b21-13-. The van der Waals surface area contributed by atoms with Gasteiger partial charge in [-0.15, -0.1) is 0 Å². The van der Waals surface area contributed by atoms with Crippen LogP contribution in [0.3, 0.4) is 0 Å². The lowest BCUT2D eigenvalue weighted by Crippen LogP contribution is -2.07. The predicted molar refractivity (Wildman–Crippen MR) is 122 cm³/mol. The van der Waals surface area contributed by atoms with E-state index in [1.807, 2.05) is 6.92 Å². The number of carbonyl (C=O) groups excluding carboxylic acids is 1. The molecule has 0 radical (unpaired) electrons. The largest absolute Gasteiger partial charge is 0.490 e. The van der Waals surface area contributed by atoms with E-state index in [0.717, 1.165) is 5.56 Å². The van der Waals surface area contributed by atoms with Gasteiger partial charge in [-0.05, 0) is 60.5 Å². The average Bonchev–Trinajstić information content (AvgIpc) is 3.19. The molecule has 34 heavy (non-hydrogen) atoms. The summed E-state index contributed by atoms with van der Waals surface area (Å²) < 4.78 is 30.6. The SMILES string of the molecule is CCOc1cc(/C=C2\N=C(c3ccccc3F)OC2=O)ccc1OCc1ccc([N+](=O)[O-])cc1. The molecule has 0 spiro atoms. The Labute approximate surface area is 194 Å². The summed E-state index contributed by atoms with van der Waals surface area (Å²) in [6.45, 7) is 2.39. The van der Waals surface area contributed by atoms with E-state index in [1.54, 1.807) is 36.4 Å². The van der Waals surface area contributed by atoms with Gasteiger partial charge in [0.2, 0.25) is 5.90 Å². The lowest BCUT2D eigenvalue weighted by atomic mass is 10.1. The third-order valence-corrected chi connectivity index (χ3v) is 4.84. The number of halogens is 1. The zero-order chi connectivity index (χ0) is 24.1. The molecule has 0 N–H and O–H groups in total. The first kappa shape index (κ1) is 22.7. The van der Waals surface area contributed by atoms with E-state index in [2.05, 4.69) is 4.99 Å². The molecule has 172 valence electrons. The zero-order valence-corrected chi connectivity index (χ0v) is 18.1. The minimum Gasteiger partial charge on any atom is -0.490 e. The van der Waals surface area contributed by atoms with Crippen molar-refractivity contribution in [2.45, 2.75) is 13.5 Å². The minimum atomic E-state index is -0.685. The third kappa shape index (κ3) is 5.09. The minimum absolute atomic E-state index is 0.00223. The maximum absolute atomic E-state index is 14.0. The van der Waals surface area contributed by atoms with Gasteiger partial charge in [-0.2, -0.15) is 0 Å². The Morgan fingerprint density at radius 3 is 2.53 bits per heavy atom. The van der Waals surface area contributed by atoms with Gasteiger partial charge in [0.05, 0.1) is 17.1 Å². The van der Waals surface area contributed by atoms with Gasteiger partial charge < -0.3 is 14.2 Å². The molecule has 0 saturated carbocycles. The number of esters is 1. The number of benzene rings is 3. The first-order valence-electron chi connectivity index (χ1n) is 10.3. The molecule has 4 rings (SSSR count). The van der Waals surface area contributed by atoms with Crippen molar-refractivity contribution in [1.29, 1.82) is 0 Å². The van der Waals surface area contributed by atoms with E-state index in [-0.39, 0.29) is 29.5 Å². The average molecular weight is 462 g/mol. The van der Waals surface area contributed by atoms with Crippen molar-refractivity contribution in [3.8, 4) is 11.5 Å². The third-order valence-electron chi connectivity index (χ3n) is 4.84. The van der Waals surface area contributed by atoms with Gasteiger partial charge in [0.25, 0.3) is 5.69 Å². The smallest absolute Gasteiger partial charge is 0.363 e. The summed E-state index contributed by atoms with van der Waals surface area (Å²) in [6.07, 6.45) is 1.51. The van der Waals surface area contributed by atoms with Crippen LogP contribution in [0.5, 0.6) is 11.5 Å². The number of cyclic esters (lactones) is 1. The van der Waals surface area contributed by atoms with Crippen LogP contribution in [0.1, 0.15) is 23.6 Å². The number of nitro groups is 1. The van der Waals surface area contributed by atoms with Crippen LogP contribution in [-0.2, 0) is 16.1 Å². The lowest BCUT2D eigenvalue weighted by molar-refractivity contribution is -0.384. The predicted octanol–water partition coefficient (Wildman–Crippen LogP) is 5.06. The fraction of sp³-hybridized carbons (Fsp3) is 0.120. The molecule has 3 aromatic carbocycles. The molecule has 0 aliphatic carbocycles. The van der Waals surface area contributed by atoms with Crippen LogP contribution in [0.4, 0.5) is 10.1 Å². The second kappa shape index (κ2) is 9.95. The summed E-state index contributed by atoms with van der Waals surface area (Å²) >= 11 is 0. The van der Waals surface area contributed by atoms with Crippen LogP contribution >= 0.6 is 0 Å². The Morgan fingerprint density at radius 1 is 1.06 bits per heavy atom. The van der Waals surface area contributed by atoms with E-state index < -0.39 is 16.7 Å². The Morgan fingerprint density at radius 2 is 1.82 bits per heavy atom. The summed E-state index contributed by atoms with van der Waals surface area (Å²) in [5.74, 6) is -0.407. The van der Waals surface area contributed by atoms with E-state index >= 15 is 0 Å². The van der Waals surface area contributed by atoms with Crippen LogP contribution in [-0.4, -0.2) is 23.4 Å². The van der Waals surface area contributed by atoms with Gasteiger partial charge in [0.1, 0.15) is 12.4 Å². The monoisotopic (exact) mass is 462 g/mol. The number of aliphatic imine (C=N–C) groups is 1. The van der Waals surface area contributed by atoms with Crippen molar-refractivity contribution < 1.29 is 28.3 Å². The molecule has 0 amide bonds. The van der Waals surface area contributed by atoms with Crippen LogP contribution in [0.25, 0.3) is 6.08 Å². The van der Waals surface area contributed by atoms with Crippen molar-refractivity contribution in [3.63, 3.8) is 0 Å². The molecule has 0 fully saturated rings. The number of hydrogen-bond donors (Lipinski definition) is 0. The van der Waals surface area contributed by atoms with Crippen molar-refractivity contribution in [2.75, 3.05) is 6.61 Å². The highest BCUT2D eigenvalue weighted by molar-refractivity contribution is 6.12. The molecule has 9 heteroatoms. The van der Waals surface area contributed by atoms with Gasteiger partial charge in [0, 0.05) is 12.1 Å². The van der Waals surface area contributed by atoms with Crippen LogP contribution in [0, 0.1) is 15.9 Å². The normalized spacial score (nSPS) is 14.0. The molecule has 0 atom stereocenters. The first-order chi connectivity index (χ1) is 16.4. The summed E-state index contributed by atoms with van der Waals surface area (Å²) in [5.41, 5.74) is 1.49. The highest BCUT2D eigenvalue weighted by Crippen LogP contribution is 2.31. The Bertz CT molecular complexity index is 1300. The van der Waals surface area contributed by atoms with E-state index in [4.69, 9.17) is 14.2 Å². The second-order valence-electron chi connectivity index (χ2n) is 7.17. The first-order valence-corrected chi connectivity index (χ1v) is 10.3. The summed E-state index contributed by atoms with van der Waals surface area (Å²) in [7, 11) is 0. The Hall–Kier alpha value is -4.53. The molecule has 0 bridgehead atoms. The summed E-state index contributed by atoms with van der Waals surface area (Å²) in [4.78, 5) is 26.7. The maximum Gasteiger partial charge on any atom is 0.363 e. The highest BCUT2D eigenvalue weighted by Gasteiger charge is 2.26. The van der Waals surface area contributed by atoms with Crippen molar-refractivity contribution in [1.82, 2.24) is 0 Å². The van der Waals surface area contributed by atoms with E-state index in [0.29, 0.717) is 23.7 Å². The quantitative estimate of drug-likeness (QED) is 0.201. The van der Waals surface area contributed by atoms with Crippen LogP contribution < -0.4 is 9.47 Å². The second-order valence-corrected chi connectivity index (χ2v) is 7.17. The van der Waals surface area contributed by atoms with Gasteiger partial charge >= 0.3 is 5.97 Å². The molecular weight excluding hydrogens is 443 g/mol. The number of ether oxygens (including phenoxy) is 3. The van der Waals surface area contributed by atoms with Crippen LogP contribution in [0.2, 0.25) is 0 Å². The van der Waals surface area contributed by atoms with Crippen molar-refractivity contribution >= 4 is 23.6 Å². The topological polar surface area (TPSA) is 100 Å². The fourth-order valence-corrected chi connectivity index (χ4v) is 3.19. The molecular formula is C25H19FN2O6. The molecule has 1 aliphatic heterocycles. The molecule has 0 unspecified atom stereocenters. The number of rotatable bonds is 8. The maximum atomic E-state index is 14.0. The summed E-state index contributed by atoms with van der Waals surface area (Å²) in [6, 6.07) is 17.0. The van der Waals surface area contributed by atoms with Crippen molar-refractivity contribution in [2.24, 2.45) is 4.99 Å². The van der Waals surface area contributed by atoms with Gasteiger partial charge in [-0.1, -0.05) is 18.2 Å². The highest BCUT2D eigenvalue weighted by atomic mass is 19.1. The fourth-order valence-electron chi connectivity index (χ4n) is 3.19. The Balaban J connectivity index is 1.54. The molecule has 1 heterocycles. The number of hydrogen-bond acceptors (Lipinski definition) is 7. The lowest BCUT2D eigenvalue weighted by Gasteiger charge is -2.13. The number of nitrogens with zero attached hydrogens (tertiary/aromatic N) is 2.